The summed E-state index contributed by atoms with van der Waals surface area (Å²) in [6.45, 7) is 5.33. The lowest BCUT2D eigenvalue weighted by Crippen LogP contribution is -2.35. The quantitative estimate of drug-likeness (QED) is 0.00680. The Labute approximate surface area is 539 Å². The molecule has 0 radical (unpaired) electrons. The molecule has 5 N–H and O–H groups in total. The maximum Gasteiger partial charge on any atom is 0.338 e. The van der Waals surface area contributed by atoms with Gasteiger partial charge in [-0.05, 0) is 131 Å². The van der Waals surface area contributed by atoms with Crippen molar-refractivity contribution in [2.24, 2.45) is 0 Å². The molecule has 2 unspecified atom stereocenters. The average molecular weight is 1360 g/mol. The summed E-state index contributed by atoms with van der Waals surface area (Å²) >= 11 is 0. The largest absolute Gasteiger partial charge is 0.744 e. The number of esters is 1. The fourth-order valence-electron chi connectivity index (χ4n) is 11.5. The molecule has 0 bridgehead atoms. The molecule has 92 heavy (non-hydrogen) atoms. The molecular weight excluding hydrogens is 1280 g/mol. The van der Waals surface area contributed by atoms with Crippen molar-refractivity contribution in [2.45, 2.75) is 85.8 Å². The SMILES string of the molecule is COCCOCCN1C(=CC=CC=CC=CC2=[N+](CCCCCC(=O)NCCNC(=O)c3ccc(C(=O)OC)c(P(c4ccccc4)c4ccccc4)c3)c3ccc(S(=O)(=O)[O-])cc3C2(C)CCCS(=O)(=O)O)C(C)(CCCS(=O)(=O)O)c2cc(S(=O)(=O)O)ccc21. The molecule has 2 aliphatic rings. The predicted molar refractivity (Wildman–Crippen MR) is 352 cm³/mol. The predicted octanol–water partition coefficient (Wildman–Crippen LogP) is 7.17. The van der Waals surface area contributed by atoms with Gasteiger partial charge in [-0.1, -0.05) is 91.0 Å². The van der Waals surface area contributed by atoms with E-state index in [2.05, 4.69) is 10.6 Å². The van der Waals surface area contributed by atoms with Gasteiger partial charge >= 0.3 is 5.97 Å². The first-order chi connectivity index (χ1) is 43.6. The van der Waals surface area contributed by atoms with Gasteiger partial charge in [0, 0.05) is 85.0 Å². The highest BCUT2D eigenvalue weighted by molar-refractivity contribution is 7.86. The molecule has 0 saturated carbocycles. The number of hydrogen-bond acceptors (Lipinski definition) is 16. The number of nitrogens with zero attached hydrogens (tertiary/aromatic N) is 2. The highest BCUT2D eigenvalue weighted by atomic mass is 32.2. The van der Waals surface area contributed by atoms with Crippen molar-refractivity contribution in [3.8, 4) is 0 Å². The number of carbonyl (C=O) groups excluding carboxylic acids is 3. The Bertz CT molecular complexity index is 4070. The number of hydrogen-bond donors (Lipinski definition) is 5. The summed E-state index contributed by atoms with van der Waals surface area (Å²) in [7, 11) is -16.8. The zero-order valence-corrected chi connectivity index (χ0v) is 55.6. The van der Waals surface area contributed by atoms with E-state index in [9.17, 15) is 66.3 Å². The number of unbranched alkanes of at least 4 members (excludes halogenated alkanes) is 2. The lowest BCUT2D eigenvalue weighted by Gasteiger charge is -2.30. The second-order valence-corrected chi connectivity index (χ2v) is 30.5. The van der Waals surface area contributed by atoms with E-state index in [0.29, 0.717) is 89.4 Å². The zero-order chi connectivity index (χ0) is 66.9. The van der Waals surface area contributed by atoms with Crippen molar-refractivity contribution in [1.82, 2.24) is 10.6 Å². The Morgan fingerprint density at radius 3 is 1.88 bits per heavy atom. The maximum absolute atomic E-state index is 13.6. The second-order valence-electron chi connectivity index (χ2n) is 22.4. The van der Waals surface area contributed by atoms with Crippen molar-refractivity contribution >= 4 is 99.2 Å². The molecule has 2 amide bonds. The van der Waals surface area contributed by atoms with Crippen LogP contribution in [0.1, 0.15) is 97.1 Å². The minimum Gasteiger partial charge on any atom is -0.744 e. The van der Waals surface area contributed by atoms with Gasteiger partial charge < -0.3 is 34.3 Å². The van der Waals surface area contributed by atoms with Gasteiger partial charge in [-0.2, -0.15) is 29.8 Å². The number of ether oxygens (including phenoxy) is 3. The molecule has 5 aromatic rings. The Kier molecular flexibility index (Phi) is 25.3. The first-order valence-corrected chi connectivity index (χ1v) is 37.0. The lowest BCUT2D eigenvalue weighted by atomic mass is 9.76. The molecule has 5 aromatic carbocycles. The van der Waals surface area contributed by atoms with E-state index >= 15 is 0 Å². The zero-order valence-electron chi connectivity index (χ0n) is 51.5. The van der Waals surface area contributed by atoms with Gasteiger partial charge in [-0.15, -0.1) is 0 Å². The topological polar surface area (TPSA) is 330 Å². The number of benzene rings is 5. The standard InChI is InChI=1S/C65H77N4O18PS4/c1-64(34-19-43-89(73,74)75)54-46-51(91(79,80)81)29-32-56(54)68(38-18-10-17-27-61(70)66-36-37-67-62(71)48-28-31-53(63(72)86-4)58(45-48)88(49-21-11-8-12-22-49)50-23-13-9-14-24-50)59(64)25-15-6-5-7-16-26-60-65(2,35-20-44-90(76,77)78)55-47-52(92(82,83)84)30-33-57(55)69(60)39-40-87-42-41-85-3/h5-9,11-16,21-26,28-33,45-47H,10,17-20,27,34-44H2,1-4H3,(H5-,66,67,70,71,73,74,75,76,77,78,79,80,81,82,83,84). The normalized spacial score (nSPS) is 17.4. The molecule has 2 aliphatic heterocycles. The summed E-state index contributed by atoms with van der Waals surface area (Å²) in [6, 6.07) is 32.5. The average Bonchev–Trinajstić information content (AvgIpc) is 1.58. The van der Waals surface area contributed by atoms with Crippen LogP contribution >= 0.6 is 7.92 Å². The first-order valence-electron chi connectivity index (χ1n) is 29.6. The molecule has 0 saturated heterocycles. The molecular formula is C65H77N4O18PS4. The minimum atomic E-state index is -4.94. The molecule has 2 atom stereocenters. The highest BCUT2D eigenvalue weighted by Crippen LogP contribution is 2.51. The Balaban J connectivity index is 1.06. The molecule has 494 valence electrons. The number of rotatable bonds is 34. The fraction of sp³-hybridized carbons (Fsp3) is 0.354. The van der Waals surface area contributed by atoms with Crippen LogP contribution in [0.2, 0.25) is 0 Å². The van der Waals surface area contributed by atoms with Gasteiger partial charge in [0.05, 0.1) is 59.2 Å². The van der Waals surface area contributed by atoms with Gasteiger partial charge in [0.25, 0.3) is 36.3 Å². The van der Waals surface area contributed by atoms with Crippen LogP contribution in [0.15, 0.2) is 173 Å². The van der Waals surface area contributed by atoms with Crippen molar-refractivity contribution in [2.75, 3.05) is 76.6 Å². The Morgan fingerprint density at radius 1 is 0.652 bits per heavy atom. The number of allylic oxidation sites excluding steroid dienone is 8. The monoisotopic (exact) mass is 1360 g/mol. The molecule has 0 aliphatic carbocycles. The van der Waals surface area contributed by atoms with Crippen molar-refractivity contribution < 1.29 is 85.1 Å². The lowest BCUT2D eigenvalue weighted by molar-refractivity contribution is -0.438. The van der Waals surface area contributed by atoms with Crippen molar-refractivity contribution in [1.29, 1.82) is 0 Å². The van der Waals surface area contributed by atoms with Crippen molar-refractivity contribution in [3.63, 3.8) is 0 Å². The molecule has 0 spiro atoms. The van der Waals surface area contributed by atoms with Crippen LogP contribution in [0.25, 0.3) is 0 Å². The first kappa shape index (κ1) is 72.4. The number of nitrogens with one attached hydrogen (secondary N) is 2. The summed E-state index contributed by atoms with van der Waals surface area (Å²) in [4.78, 5) is 40.9. The van der Waals surface area contributed by atoms with Crippen molar-refractivity contribution in [3.05, 3.63) is 186 Å². The summed E-state index contributed by atoms with van der Waals surface area (Å²) in [6.07, 6.45) is 14.1. The number of fused-ring (bicyclic) bond motifs is 2. The number of carbonyl (C=O) groups is 3. The number of methoxy groups -OCH3 is 2. The third-order valence-corrected chi connectivity index (χ3v) is 21.7. The summed E-state index contributed by atoms with van der Waals surface area (Å²) < 4.78 is 157. The summed E-state index contributed by atoms with van der Waals surface area (Å²) in [5, 5.41) is 8.31. The molecule has 22 nitrogen and oxygen atoms in total. The third-order valence-electron chi connectivity index (χ3n) is 16.0. The van der Waals surface area contributed by atoms with Crippen LogP contribution < -0.4 is 31.4 Å². The van der Waals surface area contributed by atoms with Gasteiger partial charge in [0.2, 0.25) is 11.6 Å². The summed E-state index contributed by atoms with van der Waals surface area (Å²) in [5.74, 6) is -2.33. The van der Waals surface area contributed by atoms with E-state index in [4.69, 9.17) is 14.2 Å². The smallest absolute Gasteiger partial charge is 0.338 e. The third kappa shape index (κ3) is 19.3. The van der Waals surface area contributed by atoms with E-state index in [0.717, 1.165) is 10.6 Å². The molecule has 2 heterocycles. The van der Waals surface area contributed by atoms with Gasteiger partial charge in [-0.3, -0.25) is 23.2 Å². The van der Waals surface area contributed by atoms with E-state index in [1.807, 2.05) is 77.1 Å². The Hall–Kier alpha value is -7.07. The number of anilines is 1. The van der Waals surface area contributed by atoms with Crippen LogP contribution in [-0.2, 0) is 70.3 Å². The summed E-state index contributed by atoms with van der Waals surface area (Å²) in [5.41, 5.74) is 1.90. The highest BCUT2D eigenvalue weighted by Gasteiger charge is 2.48. The molecule has 7 rings (SSSR count). The van der Waals surface area contributed by atoms with E-state index in [-0.39, 0.29) is 69.1 Å². The Morgan fingerprint density at radius 2 is 1.26 bits per heavy atom. The van der Waals surface area contributed by atoms with Gasteiger partial charge in [0.15, 0.2) is 5.71 Å². The van der Waals surface area contributed by atoms with Gasteiger partial charge in [0.1, 0.15) is 16.7 Å². The maximum atomic E-state index is 13.6. The van der Waals surface area contributed by atoms with Crippen LogP contribution in [0.4, 0.5) is 11.4 Å². The van der Waals surface area contributed by atoms with Crippen LogP contribution in [0, 0.1) is 0 Å². The fourth-order valence-corrected chi connectivity index (χ4v) is 16.0. The minimum absolute atomic E-state index is 0.00579. The van der Waals surface area contributed by atoms with Crippen LogP contribution in [0.5, 0.6) is 0 Å². The number of amides is 2. The van der Waals surface area contributed by atoms with Crippen LogP contribution in [-0.4, -0.2) is 152 Å². The van der Waals surface area contributed by atoms with Crippen LogP contribution in [0.3, 0.4) is 0 Å². The molecule has 0 aromatic heterocycles. The molecule has 27 heteroatoms. The van der Waals surface area contributed by atoms with E-state index in [1.165, 1.54) is 44.6 Å². The van der Waals surface area contributed by atoms with Gasteiger partial charge in [-0.25, -0.2) is 13.2 Å². The van der Waals surface area contributed by atoms with E-state index < -0.39 is 87.5 Å². The molecule has 0 fully saturated rings. The second kappa shape index (κ2) is 32.2. The van der Waals surface area contributed by atoms with E-state index in [1.54, 1.807) is 73.7 Å².